The number of hydrogen-bond acceptors (Lipinski definition) is 4. The van der Waals surface area contributed by atoms with Gasteiger partial charge in [0, 0.05) is 19.6 Å². The Morgan fingerprint density at radius 2 is 2.04 bits per heavy atom. The molecule has 128 valence electrons. The molecule has 1 aromatic rings. The SMILES string of the molecule is CCNC(=NCCN(C)CC)NCCc1ccc2c(c1)OCO2. The van der Waals surface area contributed by atoms with Crippen LogP contribution in [0.4, 0.5) is 0 Å². The van der Waals surface area contributed by atoms with E-state index in [4.69, 9.17) is 9.47 Å². The van der Waals surface area contributed by atoms with E-state index in [1.165, 1.54) is 5.56 Å². The van der Waals surface area contributed by atoms with Crippen molar-refractivity contribution in [1.82, 2.24) is 15.5 Å². The summed E-state index contributed by atoms with van der Waals surface area (Å²) in [6.07, 6.45) is 0.913. The van der Waals surface area contributed by atoms with Crippen LogP contribution in [-0.4, -0.2) is 57.4 Å². The van der Waals surface area contributed by atoms with E-state index in [0.717, 1.165) is 56.6 Å². The highest BCUT2D eigenvalue weighted by Crippen LogP contribution is 2.32. The van der Waals surface area contributed by atoms with E-state index in [0.29, 0.717) is 6.79 Å². The van der Waals surface area contributed by atoms with Crippen molar-refractivity contribution in [1.29, 1.82) is 0 Å². The number of ether oxygens (including phenoxy) is 2. The molecule has 6 heteroatoms. The quantitative estimate of drug-likeness (QED) is 0.561. The van der Waals surface area contributed by atoms with Gasteiger partial charge in [0.25, 0.3) is 0 Å². The first-order chi connectivity index (χ1) is 11.2. The Kier molecular flexibility index (Phi) is 7.00. The Morgan fingerprint density at radius 1 is 1.22 bits per heavy atom. The fourth-order valence-corrected chi connectivity index (χ4v) is 2.25. The molecule has 1 heterocycles. The summed E-state index contributed by atoms with van der Waals surface area (Å²) in [7, 11) is 2.11. The molecule has 0 saturated carbocycles. The van der Waals surface area contributed by atoms with Crippen molar-refractivity contribution in [2.75, 3.05) is 46.6 Å². The van der Waals surface area contributed by atoms with E-state index in [1.54, 1.807) is 0 Å². The zero-order valence-corrected chi connectivity index (χ0v) is 14.4. The van der Waals surface area contributed by atoms with Crippen LogP contribution in [-0.2, 0) is 6.42 Å². The van der Waals surface area contributed by atoms with Gasteiger partial charge in [-0.1, -0.05) is 13.0 Å². The molecule has 1 aliphatic rings. The molecule has 6 nitrogen and oxygen atoms in total. The lowest BCUT2D eigenvalue weighted by Gasteiger charge is -2.14. The molecule has 1 aliphatic heterocycles. The van der Waals surface area contributed by atoms with Gasteiger partial charge < -0.3 is 25.0 Å². The number of rotatable bonds is 8. The highest BCUT2D eigenvalue weighted by molar-refractivity contribution is 5.79. The molecule has 0 aromatic heterocycles. The van der Waals surface area contributed by atoms with E-state index in [-0.39, 0.29) is 0 Å². The van der Waals surface area contributed by atoms with Crippen molar-refractivity contribution in [2.24, 2.45) is 4.99 Å². The summed E-state index contributed by atoms with van der Waals surface area (Å²) in [5.41, 5.74) is 1.23. The van der Waals surface area contributed by atoms with Gasteiger partial charge in [0.15, 0.2) is 17.5 Å². The summed E-state index contributed by atoms with van der Waals surface area (Å²) in [5.74, 6) is 2.54. The molecule has 0 bridgehead atoms. The molecule has 0 aliphatic carbocycles. The second kappa shape index (κ2) is 9.25. The highest BCUT2D eigenvalue weighted by atomic mass is 16.7. The smallest absolute Gasteiger partial charge is 0.231 e. The van der Waals surface area contributed by atoms with Crippen LogP contribution in [0.2, 0.25) is 0 Å². The standard InChI is InChI=1S/C17H28N4O2/c1-4-18-17(20-10-11-21(3)5-2)19-9-8-14-6-7-15-16(12-14)23-13-22-15/h6-7,12H,4-5,8-11,13H2,1-3H3,(H2,18,19,20). The predicted octanol–water partition coefficient (Wildman–Crippen LogP) is 1.46. The maximum atomic E-state index is 5.41. The molecular weight excluding hydrogens is 292 g/mol. The maximum absolute atomic E-state index is 5.41. The third-order valence-electron chi connectivity index (χ3n) is 3.78. The molecule has 0 atom stereocenters. The van der Waals surface area contributed by atoms with Crippen LogP contribution in [0.3, 0.4) is 0 Å². The van der Waals surface area contributed by atoms with Crippen LogP contribution >= 0.6 is 0 Å². The van der Waals surface area contributed by atoms with E-state index in [2.05, 4.69) is 47.5 Å². The van der Waals surface area contributed by atoms with Gasteiger partial charge in [-0.3, -0.25) is 4.99 Å². The molecule has 0 fully saturated rings. The Hall–Kier alpha value is -1.95. The van der Waals surface area contributed by atoms with Crippen molar-refractivity contribution in [2.45, 2.75) is 20.3 Å². The summed E-state index contributed by atoms with van der Waals surface area (Å²) in [6.45, 7) is 9.04. The first kappa shape index (κ1) is 17.4. The minimum absolute atomic E-state index is 0.320. The molecule has 0 radical (unpaired) electrons. The normalized spacial score (nSPS) is 13.5. The van der Waals surface area contributed by atoms with Gasteiger partial charge in [0.2, 0.25) is 6.79 Å². The summed E-state index contributed by atoms with van der Waals surface area (Å²) in [6, 6.07) is 6.09. The largest absolute Gasteiger partial charge is 0.454 e. The van der Waals surface area contributed by atoms with Crippen molar-refractivity contribution in [3.8, 4) is 11.5 Å². The maximum Gasteiger partial charge on any atom is 0.231 e. The van der Waals surface area contributed by atoms with Crippen molar-refractivity contribution in [3.63, 3.8) is 0 Å². The van der Waals surface area contributed by atoms with Gasteiger partial charge in [-0.25, -0.2) is 0 Å². The van der Waals surface area contributed by atoms with E-state index in [1.807, 2.05) is 12.1 Å². The molecule has 0 spiro atoms. The molecule has 23 heavy (non-hydrogen) atoms. The lowest BCUT2D eigenvalue weighted by Crippen LogP contribution is -2.38. The average molecular weight is 320 g/mol. The molecule has 0 amide bonds. The summed E-state index contributed by atoms with van der Waals surface area (Å²) in [5, 5.41) is 6.65. The number of nitrogens with zero attached hydrogens (tertiary/aromatic N) is 2. The topological polar surface area (TPSA) is 58.1 Å². The van der Waals surface area contributed by atoms with Crippen LogP contribution in [0.15, 0.2) is 23.2 Å². The Labute approximate surface area is 138 Å². The molecule has 1 aromatic carbocycles. The van der Waals surface area contributed by atoms with E-state index >= 15 is 0 Å². The number of benzene rings is 1. The number of hydrogen-bond donors (Lipinski definition) is 2. The van der Waals surface area contributed by atoms with Gasteiger partial charge in [-0.05, 0) is 44.6 Å². The summed E-state index contributed by atoms with van der Waals surface area (Å²) in [4.78, 5) is 6.85. The number of nitrogens with one attached hydrogen (secondary N) is 2. The van der Waals surface area contributed by atoms with Crippen molar-refractivity contribution < 1.29 is 9.47 Å². The fraction of sp³-hybridized carbons (Fsp3) is 0.588. The van der Waals surface area contributed by atoms with Crippen molar-refractivity contribution in [3.05, 3.63) is 23.8 Å². The zero-order chi connectivity index (χ0) is 16.5. The average Bonchev–Trinajstić information content (AvgIpc) is 3.02. The lowest BCUT2D eigenvalue weighted by molar-refractivity contribution is 0.174. The van der Waals surface area contributed by atoms with Crippen LogP contribution in [0, 0.1) is 0 Å². The summed E-state index contributed by atoms with van der Waals surface area (Å²) >= 11 is 0. The number of likely N-dealkylation sites (N-methyl/N-ethyl adjacent to an activating group) is 1. The predicted molar refractivity (Wildman–Crippen MR) is 93.4 cm³/mol. The van der Waals surface area contributed by atoms with Gasteiger partial charge in [-0.2, -0.15) is 0 Å². The molecule has 0 unspecified atom stereocenters. The fourth-order valence-electron chi connectivity index (χ4n) is 2.25. The number of guanidine groups is 1. The molecule has 0 saturated heterocycles. The first-order valence-corrected chi connectivity index (χ1v) is 8.32. The van der Waals surface area contributed by atoms with Gasteiger partial charge >= 0.3 is 0 Å². The van der Waals surface area contributed by atoms with Gasteiger partial charge in [0.05, 0.1) is 6.54 Å². The van der Waals surface area contributed by atoms with Crippen molar-refractivity contribution >= 4 is 5.96 Å². The number of aliphatic imine (C=N–C) groups is 1. The third-order valence-corrected chi connectivity index (χ3v) is 3.78. The highest BCUT2D eigenvalue weighted by Gasteiger charge is 2.12. The minimum atomic E-state index is 0.320. The van der Waals surface area contributed by atoms with Gasteiger partial charge in [-0.15, -0.1) is 0 Å². The summed E-state index contributed by atoms with van der Waals surface area (Å²) < 4.78 is 10.7. The molecule has 2 rings (SSSR count). The molecule has 2 N–H and O–H groups in total. The Balaban J connectivity index is 1.78. The Morgan fingerprint density at radius 3 is 2.83 bits per heavy atom. The van der Waals surface area contributed by atoms with Gasteiger partial charge in [0.1, 0.15) is 0 Å². The second-order valence-electron chi connectivity index (χ2n) is 5.52. The zero-order valence-electron chi connectivity index (χ0n) is 14.4. The second-order valence-corrected chi connectivity index (χ2v) is 5.52. The first-order valence-electron chi connectivity index (χ1n) is 8.32. The van der Waals surface area contributed by atoms with Crippen LogP contribution in [0.1, 0.15) is 19.4 Å². The van der Waals surface area contributed by atoms with Crippen LogP contribution < -0.4 is 20.1 Å². The van der Waals surface area contributed by atoms with E-state index < -0.39 is 0 Å². The number of fused-ring (bicyclic) bond motifs is 1. The third kappa shape index (κ3) is 5.63. The van der Waals surface area contributed by atoms with Crippen LogP contribution in [0.5, 0.6) is 11.5 Å². The monoisotopic (exact) mass is 320 g/mol. The molecular formula is C17H28N4O2. The lowest BCUT2D eigenvalue weighted by atomic mass is 10.1. The van der Waals surface area contributed by atoms with Crippen LogP contribution in [0.25, 0.3) is 0 Å². The Bertz CT molecular complexity index is 519. The minimum Gasteiger partial charge on any atom is -0.454 e. The van der Waals surface area contributed by atoms with E-state index in [9.17, 15) is 0 Å².